The maximum Gasteiger partial charge on any atom is 0.325 e. The molecule has 6 nitrogen and oxygen atoms in total. The molecule has 0 aromatic heterocycles. The average Bonchev–Trinajstić information content (AvgIpc) is 2.61. The predicted octanol–water partition coefficient (Wildman–Crippen LogP) is 2.63. The van der Waals surface area contributed by atoms with E-state index in [0.717, 1.165) is 5.56 Å². The van der Waals surface area contributed by atoms with Crippen molar-refractivity contribution in [1.29, 1.82) is 0 Å². The molecule has 0 saturated heterocycles. The second-order valence-electron chi connectivity index (χ2n) is 5.06. The second kappa shape index (κ2) is 8.21. The van der Waals surface area contributed by atoms with E-state index in [-0.39, 0.29) is 0 Å². The smallest absolute Gasteiger partial charge is 0.325 e. The first kappa shape index (κ1) is 17.6. The second-order valence-corrected chi connectivity index (χ2v) is 5.06. The number of methoxy groups -OCH3 is 3. The number of benzene rings is 2. The molecule has 0 fully saturated rings. The van der Waals surface area contributed by atoms with Gasteiger partial charge in [0.05, 0.1) is 21.3 Å². The van der Waals surface area contributed by atoms with E-state index in [1.165, 1.54) is 14.2 Å². The third-order valence-corrected chi connectivity index (χ3v) is 3.66. The Kier molecular flexibility index (Phi) is 6.03. The van der Waals surface area contributed by atoms with Crippen LogP contribution in [0, 0.1) is 0 Å². The van der Waals surface area contributed by atoms with Crippen LogP contribution in [-0.4, -0.2) is 32.4 Å². The molecule has 2 aromatic rings. The van der Waals surface area contributed by atoms with Gasteiger partial charge >= 0.3 is 5.97 Å². The van der Waals surface area contributed by atoms with Gasteiger partial charge in [-0.1, -0.05) is 36.4 Å². The number of rotatable bonds is 8. The zero-order valence-electron chi connectivity index (χ0n) is 13.9. The van der Waals surface area contributed by atoms with E-state index >= 15 is 0 Å². The minimum absolute atomic E-state index is 0.301. The summed E-state index contributed by atoms with van der Waals surface area (Å²) in [7, 11) is 4.61. The van der Waals surface area contributed by atoms with Crippen molar-refractivity contribution in [3.8, 4) is 17.2 Å². The van der Waals surface area contributed by atoms with Crippen molar-refractivity contribution in [2.75, 3.05) is 21.3 Å². The maximum atomic E-state index is 11.6. The summed E-state index contributed by atoms with van der Waals surface area (Å²) in [5.41, 5.74) is 1.46. The minimum atomic E-state index is -0.944. The zero-order chi connectivity index (χ0) is 17.5. The molecule has 0 spiro atoms. The van der Waals surface area contributed by atoms with Crippen LogP contribution in [-0.2, 0) is 11.3 Å². The van der Waals surface area contributed by atoms with Gasteiger partial charge in [0.1, 0.15) is 6.04 Å². The Hall–Kier alpha value is -2.73. The molecular formula is C18H21NO5. The molecule has 0 heterocycles. The Balaban J connectivity index is 2.25. The number of carboxylic acid groups (broad SMARTS) is 1. The SMILES string of the molecule is COc1ccc(CN[C@H](C(=O)O)c2ccccc2)c(OC)c1OC. The lowest BCUT2D eigenvalue weighted by molar-refractivity contribution is -0.139. The lowest BCUT2D eigenvalue weighted by Gasteiger charge is -2.18. The molecule has 0 radical (unpaired) electrons. The van der Waals surface area contributed by atoms with Gasteiger partial charge in [-0.05, 0) is 11.6 Å². The summed E-state index contributed by atoms with van der Waals surface area (Å²) in [6.45, 7) is 0.301. The molecule has 0 bridgehead atoms. The van der Waals surface area contributed by atoms with Gasteiger partial charge in [0, 0.05) is 12.1 Å². The van der Waals surface area contributed by atoms with Crippen molar-refractivity contribution >= 4 is 5.97 Å². The lowest BCUT2D eigenvalue weighted by atomic mass is 10.1. The Morgan fingerprint density at radius 2 is 1.67 bits per heavy atom. The van der Waals surface area contributed by atoms with Crippen molar-refractivity contribution in [3.63, 3.8) is 0 Å². The summed E-state index contributed by atoms with van der Waals surface area (Å²) in [6.07, 6.45) is 0. The molecule has 0 unspecified atom stereocenters. The first-order chi connectivity index (χ1) is 11.6. The van der Waals surface area contributed by atoms with E-state index in [1.807, 2.05) is 24.3 Å². The molecule has 2 N–H and O–H groups in total. The fourth-order valence-electron chi connectivity index (χ4n) is 2.51. The number of aliphatic carboxylic acids is 1. The van der Waals surface area contributed by atoms with Gasteiger partial charge in [0.15, 0.2) is 11.5 Å². The molecule has 24 heavy (non-hydrogen) atoms. The third kappa shape index (κ3) is 3.78. The first-order valence-corrected chi connectivity index (χ1v) is 7.41. The number of hydrogen-bond donors (Lipinski definition) is 2. The summed E-state index contributed by atoms with van der Waals surface area (Å²) in [5.74, 6) is 0.601. The predicted molar refractivity (Wildman–Crippen MR) is 89.8 cm³/mol. The standard InChI is InChI=1S/C18H21NO5/c1-22-14-10-9-13(16(23-2)17(14)24-3)11-19-15(18(20)21)12-7-5-4-6-8-12/h4-10,15,19H,11H2,1-3H3,(H,20,21)/t15-/m0/s1. The van der Waals surface area contributed by atoms with Crippen LogP contribution in [0.5, 0.6) is 17.2 Å². The Morgan fingerprint density at radius 1 is 1.00 bits per heavy atom. The fourth-order valence-corrected chi connectivity index (χ4v) is 2.51. The van der Waals surface area contributed by atoms with Crippen LogP contribution in [0.4, 0.5) is 0 Å². The molecular weight excluding hydrogens is 310 g/mol. The van der Waals surface area contributed by atoms with Crippen LogP contribution in [0.1, 0.15) is 17.2 Å². The maximum absolute atomic E-state index is 11.6. The average molecular weight is 331 g/mol. The Morgan fingerprint density at radius 3 is 2.21 bits per heavy atom. The van der Waals surface area contributed by atoms with Gasteiger partial charge in [-0.3, -0.25) is 10.1 Å². The number of nitrogens with one attached hydrogen (secondary N) is 1. The normalized spacial score (nSPS) is 11.6. The summed E-state index contributed by atoms with van der Waals surface area (Å²) < 4.78 is 16.0. The summed E-state index contributed by atoms with van der Waals surface area (Å²) in [6, 6.07) is 11.8. The third-order valence-electron chi connectivity index (χ3n) is 3.66. The highest BCUT2D eigenvalue weighted by molar-refractivity contribution is 5.75. The molecule has 0 aliphatic carbocycles. The molecule has 2 aromatic carbocycles. The van der Waals surface area contributed by atoms with Crippen molar-refractivity contribution < 1.29 is 24.1 Å². The van der Waals surface area contributed by atoms with E-state index in [1.54, 1.807) is 25.3 Å². The van der Waals surface area contributed by atoms with Crippen LogP contribution < -0.4 is 19.5 Å². The quantitative estimate of drug-likeness (QED) is 0.774. The van der Waals surface area contributed by atoms with Gasteiger partial charge in [-0.2, -0.15) is 0 Å². The summed E-state index contributed by atoms with van der Waals surface area (Å²) in [5, 5.41) is 12.5. The van der Waals surface area contributed by atoms with E-state index in [9.17, 15) is 9.90 Å². The molecule has 1 atom stereocenters. The van der Waals surface area contributed by atoms with Crippen LogP contribution in [0.25, 0.3) is 0 Å². The number of ether oxygens (including phenoxy) is 3. The largest absolute Gasteiger partial charge is 0.493 e. The highest BCUT2D eigenvalue weighted by Crippen LogP contribution is 2.39. The van der Waals surface area contributed by atoms with Crippen molar-refractivity contribution in [1.82, 2.24) is 5.32 Å². The monoisotopic (exact) mass is 331 g/mol. The summed E-state index contributed by atoms with van der Waals surface area (Å²) in [4.78, 5) is 11.6. The number of carbonyl (C=O) groups is 1. The zero-order valence-corrected chi connectivity index (χ0v) is 13.9. The Labute approximate surface area is 141 Å². The van der Waals surface area contributed by atoms with Gasteiger partial charge in [-0.15, -0.1) is 0 Å². The molecule has 0 aliphatic rings. The van der Waals surface area contributed by atoms with E-state index in [0.29, 0.717) is 29.4 Å². The minimum Gasteiger partial charge on any atom is -0.493 e. The molecule has 2 rings (SSSR count). The molecule has 6 heteroatoms. The first-order valence-electron chi connectivity index (χ1n) is 7.41. The van der Waals surface area contributed by atoms with Crippen LogP contribution in [0.15, 0.2) is 42.5 Å². The topological polar surface area (TPSA) is 77.0 Å². The molecule has 0 amide bonds. The van der Waals surface area contributed by atoms with E-state index in [4.69, 9.17) is 14.2 Å². The molecule has 0 aliphatic heterocycles. The lowest BCUT2D eigenvalue weighted by Crippen LogP contribution is -2.28. The highest BCUT2D eigenvalue weighted by Gasteiger charge is 2.21. The highest BCUT2D eigenvalue weighted by atomic mass is 16.5. The van der Waals surface area contributed by atoms with Gasteiger partial charge < -0.3 is 19.3 Å². The van der Waals surface area contributed by atoms with Gasteiger partial charge in [-0.25, -0.2) is 0 Å². The Bertz CT molecular complexity index is 687. The van der Waals surface area contributed by atoms with E-state index in [2.05, 4.69) is 5.32 Å². The number of hydrogen-bond acceptors (Lipinski definition) is 5. The number of carboxylic acids is 1. The molecule has 128 valence electrons. The van der Waals surface area contributed by atoms with Crippen molar-refractivity contribution in [2.24, 2.45) is 0 Å². The van der Waals surface area contributed by atoms with Gasteiger partial charge in [0.2, 0.25) is 5.75 Å². The van der Waals surface area contributed by atoms with E-state index < -0.39 is 12.0 Å². The van der Waals surface area contributed by atoms with Crippen LogP contribution in [0.3, 0.4) is 0 Å². The fraction of sp³-hybridized carbons (Fsp3) is 0.278. The molecule has 0 saturated carbocycles. The van der Waals surface area contributed by atoms with Crippen LogP contribution in [0.2, 0.25) is 0 Å². The van der Waals surface area contributed by atoms with Gasteiger partial charge in [0.25, 0.3) is 0 Å². The van der Waals surface area contributed by atoms with Crippen molar-refractivity contribution in [3.05, 3.63) is 53.6 Å². The van der Waals surface area contributed by atoms with Crippen LogP contribution >= 0.6 is 0 Å². The van der Waals surface area contributed by atoms with Crippen molar-refractivity contribution in [2.45, 2.75) is 12.6 Å². The summed E-state index contributed by atoms with van der Waals surface area (Å²) >= 11 is 0.